The molecule has 30 heavy (non-hydrogen) atoms. The smallest absolute Gasteiger partial charge is 0.253 e. The second-order valence-corrected chi connectivity index (χ2v) is 9.09. The van der Waals surface area contributed by atoms with Crippen LogP contribution >= 0.6 is 11.3 Å². The van der Waals surface area contributed by atoms with Crippen LogP contribution in [-0.2, 0) is 4.79 Å². The standard InChI is InChI=1S/C23H24N4O2S/c24-23(8-1-9-23)22(29)27-12-10-26(11-13-27)21(28)17-4-2-16(3-5-17)18-6-7-19-20(14-18)30-15-25-19/h2-7,14-15H,1,8-13,24H2. The zero-order valence-electron chi connectivity index (χ0n) is 16.7. The van der Waals surface area contributed by atoms with Crippen LogP contribution in [0, 0.1) is 0 Å². The van der Waals surface area contributed by atoms with E-state index in [0.717, 1.165) is 40.6 Å². The molecule has 0 unspecified atom stereocenters. The second kappa shape index (κ2) is 7.49. The molecule has 0 spiro atoms. The van der Waals surface area contributed by atoms with Crippen LogP contribution in [0.25, 0.3) is 21.3 Å². The highest BCUT2D eigenvalue weighted by Crippen LogP contribution is 2.31. The molecule has 154 valence electrons. The molecule has 2 amide bonds. The number of aromatic nitrogens is 1. The maximum absolute atomic E-state index is 12.9. The van der Waals surface area contributed by atoms with Gasteiger partial charge in [-0.3, -0.25) is 9.59 Å². The van der Waals surface area contributed by atoms with Crippen LogP contribution in [0.4, 0.5) is 0 Å². The Hall–Kier alpha value is -2.77. The molecule has 2 fully saturated rings. The van der Waals surface area contributed by atoms with Crippen molar-refractivity contribution >= 4 is 33.4 Å². The number of benzene rings is 2. The molecule has 2 heterocycles. The van der Waals surface area contributed by atoms with E-state index in [4.69, 9.17) is 5.73 Å². The van der Waals surface area contributed by atoms with E-state index < -0.39 is 5.54 Å². The fourth-order valence-corrected chi connectivity index (χ4v) is 4.94. The summed E-state index contributed by atoms with van der Waals surface area (Å²) in [5, 5.41) is 0. The first-order valence-electron chi connectivity index (χ1n) is 10.3. The topological polar surface area (TPSA) is 79.5 Å². The van der Waals surface area contributed by atoms with Crippen molar-refractivity contribution in [3.63, 3.8) is 0 Å². The van der Waals surface area contributed by atoms with E-state index >= 15 is 0 Å². The molecule has 0 bridgehead atoms. The molecule has 2 aliphatic rings. The first kappa shape index (κ1) is 19.2. The summed E-state index contributed by atoms with van der Waals surface area (Å²) in [6, 6.07) is 14.0. The predicted octanol–water partition coefficient (Wildman–Crippen LogP) is 3.13. The van der Waals surface area contributed by atoms with Gasteiger partial charge in [-0.05, 0) is 54.7 Å². The van der Waals surface area contributed by atoms with Crippen molar-refractivity contribution in [3.8, 4) is 11.1 Å². The number of fused-ring (bicyclic) bond motifs is 1. The first-order chi connectivity index (χ1) is 14.5. The number of nitrogens with two attached hydrogens (primary N) is 1. The Balaban J connectivity index is 1.24. The number of hydrogen-bond donors (Lipinski definition) is 1. The van der Waals surface area contributed by atoms with Crippen LogP contribution in [0.5, 0.6) is 0 Å². The lowest BCUT2D eigenvalue weighted by atomic mass is 9.76. The van der Waals surface area contributed by atoms with Crippen LogP contribution in [0.2, 0.25) is 0 Å². The van der Waals surface area contributed by atoms with E-state index in [9.17, 15) is 9.59 Å². The number of nitrogens with zero attached hydrogens (tertiary/aromatic N) is 3. The van der Waals surface area contributed by atoms with Crippen LogP contribution in [0.15, 0.2) is 48.0 Å². The number of carbonyl (C=O) groups excluding carboxylic acids is 2. The zero-order chi connectivity index (χ0) is 20.7. The van der Waals surface area contributed by atoms with Gasteiger partial charge in [0.15, 0.2) is 0 Å². The fourth-order valence-electron chi connectivity index (χ4n) is 4.22. The second-order valence-electron chi connectivity index (χ2n) is 8.21. The molecule has 2 N–H and O–H groups in total. The summed E-state index contributed by atoms with van der Waals surface area (Å²) in [7, 11) is 0. The lowest BCUT2D eigenvalue weighted by Gasteiger charge is -2.43. The van der Waals surface area contributed by atoms with E-state index in [-0.39, 0.29) is 11.8 Å². The number of amides is 2. The van der Waals surface area contributed by atoms with Crippen LogP contribution in [-0.4, -0.2) is 58.3 Å². The van der Waals surface area contributed by atoms with E-state index in [1.54, 1.807) is 11.3 Å². The highest BCUT2D eigenvalue weighted by Gasteiger charge is 2.43. The van der Waals surface area contributed by atoms with Gasteiger partial charge in [0.25, 0.3) is 5.91 Å². The molecule has 6 nitrogen and oxygen atoms in total. The summed E-state index contributed by atoms with van der Waals surface area (Å²) in [5.41, 5.74) is 11.2. The van der Waals surface area contributed by atoms with Gasteiger partial charge in [0.05, 0.1) is 21.3 Å². The number of piperazine rings is 1. The normalized spacial score (nSPS) is 18.3. The van der Waals surface area contributed by atoms with Crippen LogP contribution in [0.1, 0.15) is 29.6 Å². The van der Waals surface area contributed by atoms with E-state index in [1.807, 2.05) is 45.6 Å². The highest BCUT2D eigenvalue weighted by atomic mass is 32.1. The van der Waals surface area contributed by atoms with Crippen LogP contribution in [0.3, 0.4) is 0 Å². The number of thiazole rings is 1. The Kier molecular flexibility index (Phi) is 4.79. The van der Waals surface area contributed by atoms with Gasteiger partial charge in [-0.2, -0.15) is 0 Å². The van der Waals surface area contributed by atoms with Crippen molar-refractivity contribution in [1.82, 2.24) is 14.8 Å². The molecule has 1 saturated heterocycles. The Labute approximate surface area is 179 Å². The first-order valence-corrected chi connectivity index (χ1v) is 11.2. The van der Waals surface area contributed by atoms with Gasteiger partial charge in [-0.15, -0.1) is 11.3 Å². The SMILES string of the molecule is NC1(C(=O)N2CCN(C(=O)c3ccc(-c4ccc5ncsc5c4)cc3)CC2)CCC1. The molecular weight excluding hydrogens is 396 g/mol. The molecule has 1 aliphatic carbocycles. The largest absolute Gasteiger partial charge is 0.338 e. The van der Waals surface area contributed by atoms with Gasteiger partial charge in [0, 0.05) is 31.7 Å². The lowest BCUT2D eigenvalue weighted by molar-refractivity contribution is -0.141. The van der Waals surface area contributed by atoms with Gasteiger partial charge in [-0.25, -0.2) is 4.98 Å². The summed E-state index contributed by atoms with van der Waals surface area (Å²) in [5.74, 6) is 0.0563. The molecule has 1 saturated carbocycles. The molecule has 7 heteroatoms. The molecule has 5 rings (SSSR count). The van der Waals surface area contributed by atoms with Crippen LogP contribution < -0.4 is 5.73 Å². The summed E-state index contributed by atoms with van der Waals surface area (Å²) in [4.78, 5) is 33.5. The Bertz CT molecular complexity index is 1100. The van der Waals surface area contributed by atoms with Crippen molar-refractivity contribution in [2.75, 3.05) is 26.2 Å². The third kappa shape index (κ3) is 3.38. The molecule has 1 aromatic heterocycles. The molecule has 0 radical (unpaired) electrons. The number of hydrogen-bond acceptors (Lipinski definition) is 5. The third-order valence-electron chi connectivity index (χ3n) is 6.32. The monoisotopic (exact) mass is 420 g/mol. The van der Waals surface area contributed by atoms with E-state index in [0.29, 0.717) is 31.7 Å². The van der Waals surface area contributed by atoms with Crippen molar-refractivity contribution in [2.45, 2.75) is 24.8 Å². The van der Waals surface area contributed by atoms with Gasteiger partial charge in [0.2, 0.25) is 5.91 Å². The molecule has 1 aliphatic heterocycles. The predicted molar refractivity (Wildman–Crippen MR) is 118 cm³/mol. The van der Waals surface area contributed by atoms with Gasteiger partial charge >= 0.3 is 0 Å². The maximum Gasteiger partial charge on any atom is 0.253 e. The Morgan fingerprint density at radius 2 is 1.60 bits per heavy atom. The molecular formula is C23H24N4O2S. The molecule has 0 atom stereocenters. The number of carbonyl (C=O) groups is 2. The highest BCUT2D eigenvalue weighted by molar-refractivity contribution is 7.16. The minimum atomic E-state index is -0.663. The summed E-state index contributed by atoms with van der Waals surface area (Å²) >= 11 is 1.62. The van der Waals surface area contributed by atoms with Gasteiger partial charge in [0.1, 0.15) is 0 Å². The third-order valence-corrected chi connectivity index (χ3v) is 7.11. The molecule has 3 aromatic rings. The van der Waals surface area contributed by atoms with Crippen molar-refractivity contribution in [3.05, 3.63) is 53.5 Å². The van der Waals surface area contributed by atoms with E-state index in [1.165, 1.54) is 0 Å². The lowest BCUT2D eigenvalue weighted by Crippen LogP contribution is -2.62. The Morgan fingerprint density at radius 3 is 2.27 bits per heavy atom. The minimum absolute atomic E-state index is 0.0117. The average Bonchev–Trinajstić information content (AvgIpc) is 3.24. The number of rotatable bonds is 3. The van der Waals surface area contributed by atoms with Crippen molar-refractivity contribution in [2.24, 2.45) is 5.73 Å². The summed E-state index contributed by atoms with van der Waals surface area (Å²) in [6.45, 7) is 2.20. The maximum atomic E-state index is 12.9. The zero-order valence-corrected chi connectivity index (χ0v) is 17.5. The quantitative estimate of drug-likeness (QED) is 0.706. The Morgan fingerprint density at radius 1 is 0.933 bits per heavy atom. The van der Waals surface area contributed by atoms with Gasteiger partial charge < -0.3 is 15.5 Å². The molecule has 2 aromatic carbocycles. The van der Waals surface area contributed by atoms with Crippen molar-refractivity contribution in [1.29, 1.82) is 0 Å². The fraction of sp³-hybridized carbons (Fsp3) is 0.348. The summed E-state index contributed by atoms with van der Waals surface area (Å²) < 4.78 is 1.15. The average molecular weight is 421 g/mol. The van der Waals surface area contributed by atoms with E-state index in [2.05, 4.69) is 17.1 Å². The summed E-state index contributed by atoms with van der Waals surface area (Å²) in [6.07, 6.45) is 2.56. The minimum Gasteiger partial charge on any atom is -0.338 e. The van der Waals surface area contributed by atoms with Crippen molar-refractivity contribution < 1.29 is 9.59 Å². The van der Waals surface area contributed by atoms with Gasteiger partial charge in [-0.1, -0.05) is 18.2 Å².